The van der Waals surface area contributed by atoms with Crippen molar-refractivity contribution in [1.82, 2.24) is 5.32 Å². The van der Waals surface area contributed by atoms with E-state index in [0.717, 1.165) is 5.69 Å². The fraction of sp³-hybridized carbons (Fsp3) is 0.222. The minimum Gasteiger partial charge on any atom is -0.365 e. The molecule has 0 aliphatic carbocycles. The number of thiocarbonyl (C=S) groups is 1. The molecule has 70 valence electrons. The summed E-state index contributed by atoms with van der Waals surface area (Å²) >= 11 is 5.00. The Labute approximate surface area is 82.4 Å². The van der Waals surface area contributed by atoms with Gasteiger partial charge in [-0.15, -0.1) is 0 Å². The van der Waals surface area contributed by atoms with Crippen LogP contribution in [0.1, 0.15) is 0 Å². The second kappa shape index (κ2) is 4.18. The summed E-state index contributed by atoms with van der Waals surface area (Å²) < 4.78 is 12.8. The van der Waals surface area contributed by atoms with Gasteiger partial charge in [-0.3, -0.25) is 0 Å². The Morgan fingerprint density at radius 3 is 2.77 bits per heavy atom. The summed E-state index contributed by atoms with van der Waals surface area (Å²) in [5.41, 5.74) is 0.736. The van der Waals surface area contributed by atoms with E-state index in [1.165, 1.54) is 12.1 Å². The van der Waals surface area contributed by atoms with E-state index in [0.29, 0.717) is 5.11 Å². The van der Waals surface area contributed by atoms with Crippen molar-refractivity contribution in [1.29, 1.82) is 0 Å². The molecule has 0 fully saturated rings. The third-order valence-corrected chi connectivity index (χ3v) is 2.19. The van der Waals surface area contributed by atoms with E-state index in [-0.39, 0.29) is 5.82 Å². The van der Waals surface area contributed by atoms with E-state index in [1.54, 1.807) is 31.1 Å². The van der Waals surface area contributed by atoms with Crippen LogP contribution in [-0.2, 0) is 0 Å². The summed E-state index contributed by atoms with van der Waals surface area (Å²) in [5, 5.41) is 3.38. The first-order valence-corrected chi connectivity index (χ1v) is 4.27. The van der Waals surface area contributed by atoms with Crippen LogP contribution in [0.4, 0.5) is 10.1 Å². The highest BCUT2D eigenvalue weighted by molar-refractivity contribution is 7.80. The lowest BCUT2D eigenvalue weighted by Crippen LogP contribution is -2.34. The zero-order valence-electron chi connectivity index (χ0n) is 7.54. The van der Waals surface area contributed by atoms with Crippen LogP contribution in [0.2, 0.25) is 0 Å². The maximum Gasteiger partial charge on any atom is 0.172 e. The first kappa shape index (κ1) is 9.92. The van der Waals surface area contributed by atoms with Crippen molar-refractivity contribution in [2.75, 3.05) is 19.0 Å². The molecule has 0 aliphatic heterocycles. The monoisotopic (exact) mass is 198 g/mol. The van der Waals surface area contributed by atoms with E-state index in [2.05, 4.69) is 5.32 Å². The maximum atomic E-state index is 12.8. The summed E-state index contributed by atoms with van der Waals surface area (Å²) in [4.78, 5) is 1.71. The van der Waals surface area contributed by atoms with Crippen LogP contribution in [0, 0.1) is 5.82 Å². The van der Waals surface area contributed by atoms with Crippen LogP contribution in [0.3, 0.4) is 0 Å². The van der Waals surface area contributed by atoms with E-state index >= 15 is 0 Å². The van der Waals surface area contributed by atoms with Gasteiger partial charge < -0.3 is 10.2 Å². The van der Waals surface area contributed by atoms with E-state index in [9.17, 15) is 4.39 Å². The number of benzene rings is 1. The Hall–Kier alpha value is -1.16. The normalized spacial score (nSPS) is 9.46. The third-order valence-electron chi connectivity index (χ3n) is 1.71. The molecular weight excluding hydrogens is 187 g/mol. The number of rotatable bonds is 1. The summed E-state index contributed by atoms with van der Waals surface area (Å²) in [5.74, 6) is -0.261. The van der Waals surface area contributed by atoms with Crippen molar-refractivity contribution >= 4 is 23.0 Å². The Bertz CT molecular complexity index is 314. The molecule has 0 unspecified atom stereocenters. The molecule has 4 heteroatoms. The molecule has 1 N–H and O–H groups in total. The summed E-state index contributed by atoms with van der Waals surface area (Å²) in [6.45, 7) is 0. The minimum absolute atomic E-state index is 0.261. The number of anilines is 1. The molecule has 1 rings (SSSR count). The van der Waals surface area contributed by atoms with Crippen LogP contribution in [0.5, 0.6) is 0 Å². The molecule has 0 saturated carbocycles. The Morgan fingerprint density at radius 2 is 2.23 bits per heavy atom. The molecule has 13 heavy (non-hydrogen) atoms. The average Bonchev–Trinajstić information content (AvgIpc) is 2.15. The SMILES string of the molecule is CNC(=S)N(C)c1cccc(F)c1. The van der Waals surface area contributed by atoms with Crippen molar-refractivity contribution in [3.8, 4) is 0 Å². The van der Waals surface area contributed by atoms with Crippen LogP contribution in [-0.4, -0.2) is 19.2 Å². The quantitative estimate of drug-likeness (QED) is 0.692. The fourth-order valence-corrected chi connectivity index (χ4v) is 1.08. The number of hydrogen-bond donors (Lipinski definition) is 1. The molecule has 0 heterocycles. The zero-order chi connectivity index (χ0) is 9.84. The predicted molar refractivity (Wildman–Crippen MR) is 56.5 cm³/mol. The molecule has 2 nitrogen and oxygen atoms in total. The fourth-order valence-electron chi connectivity index (χ4n) is 0.970. The Morgan fingerprint density at radius 1 is 1.54 bits per heavy atom. The van der Waals surface area contributed by atoms with Gasteiger partial charge in [0.05, 0.1) is 0 Å². The van der Waals surface area contributed by atoms with Gasteiger partial charge in [-0.25, -0.2) is 4.39 Å². The zero-order valence-corrected chi connectivity index (χ0v) is 8.36. The second-order valence-electron chi connectivity index (χ2n) is 2.59. The van der Waals surface area contributed by atoms with Gasteiger partial charge in [0.2, 0.25) is 0 Å². The van der Waals surface area contributed by atoms with Gasteiger partial charge in [0, 0.05) is 19.8 Å². The first-order chi connectivity index (χ1) is 6.15. The molecule has 1 aromatic carbocycles. The molecular formula is C9H11FN2S. The van der Waals surface area contributed by atoms with Gasteiger partial charge in [-0.1, -0.05) is 6.07 Å². The van der Waals surface area contributed by atoms with Crippen molar-refractivity contribution in [2.45, 2.75) is 0 Å². The molecule has 0 aliphatic rings. The molecule has 0 saturated heterocycles. The molecule has 0 radical (unpaired) electrons. The Kier molecular flexibility index (Phi) is 3.19. The second-order valence-corrected chi connectivity index (χ2v) is 2.98. The van der Waals surface area contributed by atoms with Gasteiger partial charge in [0.15, 0.2) is 5.11 Å². The van der Waals surface area contributed by atoms with Crippen LogP contribution >= 0.6 is 12.2 Å². The van der Waals surface area contributed by atoms with Crippen LogP contribution in [0.25, 0.3) is 0 Å². The molecule has 0 spiro atoms. The maximum absolute atomic E-state index is 12.8. The highest BCUT2D eigenvalue weighted by Crippen LogP contribution is 2.13. The van der Waals surface area contributed by atoms with E-state index in [1.807, 2.05) is 0 Å². The minimum atomic E-state index is -0.261. The van der Waals surface area contributed by atoms with Crippen molar-refractivity contribution in [3.05, 3.63) is 30.1 Å². The van der Waals surface area contributed by atoms with Crippen molar-refractivity contribution in [3.63, 3.8) is 0 Å². The first-order valence-electron chi connectivity index (χ1n) is 3.86. The number of nitrogens with one attached hydrogen (secondary N) is 1. The number of nitrogens with zero attached hydrogens (tertiary/aromatic N) is 1. The molecule has 0 amide bonds. The van der Waals surface area contributed by atoms with Crippen LogP contribution in [0.15, 0.2) is 24.3 Å². The van der Waals surface area contributed by atoms with Crippen LogP contribution < -0.4 is 10.2 Å². The van der Waals surface area contributed by atoms with Gasteiger partial charge in [-0.2, -0.15) is 0 Å². The van der Waals surface area contributed by atoms with E-state index < -0.39 is 0 Å². The summed E-state index contributed by atoms with van der Waals surface area (Å²) in [6.07, 6.45) is 0. The standard InChI is InChI=1S/C9H11FN2S/c1-11-9(13)12(2)8-5-3-4-7(10)6-8/h3-6H,1-2H3,(H,11,13). The van der Waals surface area contributed by atoms with Gasteiger partial charge in [0.25, 0.3) is 0 Å². The lowest BCUT2D eigenvalue weighted by molar-refractivity contribution is 0.628. The highest BCUT2D eigenvalue weighted by Gasteiger charge is 2.04. The molecule has 0 bridgehead atoms. The van der Waals surface area contributed by atoms with Gasteiger partial charge >= 0.3 is 0 Å². The smallest absolute Gasteiger partial charge is 0.172 e. The summed E-state index contributed by atoms with van der Waals surface area (Å²) in [7, 11) is 3.52. The number of hydrogen-bond acceptors (Lipinski definition) is 1. The third kappa shape index (κ3) is 2.39. The lowest BCUT2D eigenvalue weighted by atomic mass is 10.3. The highest BCUT2D eigenvalue weighted by atomic mass is 32.1. The predicted octanol–water partition coefficient (Wildman–Crippen LogP) is 1.77. The summed E-state index contributed by atoms with van der Waals surface area (Å²) in [6, 6.07) is 6.29. The van der Waals surface area contributed by atoms with Crippen molar-refractivity contribution < 1.29 is 4.39 Å². The molecule has 1 aromatic rings. The number of halogens is 1. The largest absolute Gasteiger partial charge is 0.365 e. The molecule has 0 aromatic heterocycles. The topological polar surface area (TPSA) is 15.3 Å². The Balaban J connectivity index is 2.88. The average molecular weight is 198 g/mol. The molecule has 0 atom stereocenters. The van der Waals surface area contributed by atoms with E-state index in [4.69, 9.17) is 12.2 Å². The van der Waals surface area contributed by atoms with Gasteiger partial charge in [0.1, 0.15) is 5.82 Å². The lowest BCUT2D eigenvalue weighted by Gasteiger charge is -2.19. The van der Waals surface area contributed by atoms with Crippen molar-refractivity contribution in [2.24, 2.45) is 0 Å². The van der Waals surface area contributed by atoms with Gasteiger partial charge in [-0.05, 0) is 30.4 Å².